The van der Waals surface area contributed by atoms with E-state index in [2.05, 4.69) is 0 Å². The Labute approximate surface area is 77.7 Å². The third kappa shape index (κ3) is 1.41. The minimum absolute atomic E-state index is 1.29. The van der Waals surface area contributed by atoms with Gasteiger partial charge in [0.25, 0.3) is 0 Å². The molecule has 6 unspecified atom stereocenters. The molecule has 0 aromatic heterocycles. The van der Waals surface area contributed by atoms with Crippen molar-refractivity contribution in [2.45, 2.75) is 24.7 Å². The summed E-state index contributed by atoms with van der Waals surface area (Å²) in [4.78, 5) is 0. The molecule has 0 heterocycles. The Morgan fingerprint density at radius 2 is 0.929 bits per heavy atom. The van der Waals surface area contributed by atoms with E-state index in [1.54, 1.807) is 0 Å². The Hall–Kier alpha value is -1.30. The Kier molecular flexibility index (Phi) is 2.95. The van der Waals surface area contributed by atoms with E-state index in [0.29, 0.717) is 0 Å². The molecule has 0 saturated heterocycles. The van der Waals surface area contributed by atoms with Gasteiger partial charge in [0.1, 0.15) is 0 Å². The molecule has 6 atom stereocenters. The molecule has 14 heavy (non-hydrogen) atoms. The highest BCUT2D eigenvalue weighted by molar-refractivity contribution is 5.12. The van der Waals surface area contributed by atoms with Crippen molar-refractivity contribution in [2.24, 2.45) is 11.8 Å². The second-order valence-corrected chi connectivity index (χ2v) is 3.09. The zero-order valence-corrected chi connectivity index (χ0v) is 6.87. The molecule has 1 saturated carbocycles. The normalized spacial score (nSPS) is 47.9. The van der Waals surface area contributed by atoms with Crippen LogP contribution in [0.25, 0.3) is 0 Å². The summed E-state index contributed by atoms with van der Waals surface area (Å²) in [7, 11) is 0. The number of hydrogen-bond donors (Lipinski definition) is 0. The molecule has 0 aliphatic heterocycles. The summed E-state index contributed by atoms with van der Waals surface area (Å²) in [6.07, 6.45) is -10.2. The minimum atomic E-state index is -2.67. The monoisotopic (exact) mass is 206 g/mol. The molecule has 0 amide bonds. The zero-order chi connectivity index (χ0) is 10.9. The average molecular weight is 206 g/mol. The fourth-order valence-electron chi connectivity index (χ4n) is 1.45. The predicted octanol–water partition coefficient (Wildman–Crippen LogP) is 1.63. The molecule has 0 spiro atoms. The van der Waals surface area contributed by atoms with Crippen molar-refractivity contribution < 1.29 is 17.6 Å². The molecule has 1 aliphatic rings. The van der Waals surface area contributed by atoms with Crippen molar-refractivity contribution in [2.75, 3.05) is 0 Å². The molecule has 0 bridgehead atoms. The number of nitrogens with zero attached hydrogens (tertiary/aromatic N) is 2. The van der Waals surface area contributed by atoms with E-state index in [1.165, 1.54) is 12.1 Å². The van der Waals surface area contributed by atoms with Crippen LogP contribution in [0.1, 0.15) is 0 Å². The molecular formula is C8H6F4N2. The first-order valence-electron chi connectivity index (χ1n) is 3.90. The summed E-state index contributed by atoms with van der Waals surface area (Å²) in [6.45, 7) is 0. The largest absolute Gasteiger partial charge is 0.243 e. The molecular weight excluding hydrogens is 200 g/mol. The van der Waals surface area contributed by atoms with Crippen molar-refractivity contribution >= 4 is 0 Å². The summed E-state index contributed by atoms with van der Waals surface area (Å²) < 4.78 is 51.3. The zero-order valence-electron chi connectivity index (χ0n) is 6.87. The lowest BCUT2D eigenvalue weighted by molar-refractivity contribution is -0.0477. The van der Waals surface area contributed by atoms with Gasteiger partial charge in [-0.2, -0.15) is 10.5 Å². The van der Waals surface area contributed by atoms with Crippen LogP contribution in [-0.4, -0.2) is 24.7 Å². The number of hydrogen-bond acceptors (Lipinski definition) is 2. The topological polar surface area (TPSA) is 47.6 Å². The van der Waals surface area contributed by atoms with Gasteiger partial charge in [0, 0.05) is 0 Å². The van der Waals surface area contributed by atoms with Crippen molar-refractivity contribution in [3.8, 4) is 12.1 Å². The Balaban J connectivity index is 2.98. The van der Waals surface area contributed by atoms with Gasteiger partial charge in [0.15, 0.2) is 24.7 Å². The highest BCUT2D eigenvalue weighted by Gasteiger charge is 2.53. The van der Waals surface area contributed by atoms with Crippen LogP contribution in [0.3, 0.4) is 0 Å². The average Bonchev–Trinajstić information content (AvgIpc) is 2.20. The van der Waals surface area contributed by atoms with E-state index in [9.17, 15) is 17.6 Å². The van der Waals surface area contributed by atoms with Crippen molar-refractivity contribution in [3.05, 3.63) is 0 Å². The van der Waals surface area contributed by atoms with Gasteiger partial charge in [-0.3, -0.25) is 0 Å². The molecule has 6 heteroatoms. The van der Waals surface area contributed by atoms with Crippen LogP contribution in [0.4, 0.5) is 17.6 Å². The van der Waals surface area contributed by atoms with Crippen LogP contribution in [0.5, 0.6) is 0 Å². The van der Waals surface area contributed by atoms with Crippen molar-refractivity contribution in [1.29, 1.82) is 10.5 Å². The standard InChI is InChI=1S/C8H6F4N2/c9-5-3(1-13)4(2-14)6(10)8(12)7(5)11/h3-8H. The predicted molar refractivity (Wildman–Crippen MR) is 37.8 cm³/mol. The third-order valence-electron chi connectivity index (χ3n) is 2.28. The maximum Gasteiger partial charge on any atom is 0.166 e. The van der Waals surface area contributed by atoms with Crippen LogP contribution < -0.4 is 0 Å². The van der Waals surface area contributed by atoms with Crippen LogP contribution in [0, 0.1) is 34.5 Å². The SMILES string of the molecule is N#CC1C(F)C(F)C(F)C(F)C1C#N. The second kappa shape index (κ2) is 3.83. The number of halogens is 4. The lowest BCUT2D eigenvalue weighted by Gasteiger charge is -2.33. The first-order valence-corrected chi connectivity index (χ1v) is 3.90. The van der Waals surface area contributed by atoms with Gasteiger partial charge in [-0.15, -0.1) is 0 Å². The Morgan fingerprint density at radius 3 is 1.14 bits per heavy atom. The van der Waals surface area contributed by atoms with Gasteiger partial charge in [-0.05, 0) is 0 Å². The van der Waals surface area contributed by atoms with E-state index in [-0.39, 0.29) is 0 Å². The van der Waals surface area contributed by atoms with Crippen LogP contribution in [0.15, 0.2) is 0 Å². The van der Waals surface area contributed by atoms with E-state index >= 15 is 0 Å². The summed E-state index contributed by atoms with van der Waals surface area (Å²) in [5, 5.41) is 16.8. The summed E-state index contributed by atoms with van der Waals surface area (Å²) >= 11 is 0. The first-order chi connectivity index (χ1) is 6.54. The number of alkyl halides is 4. The van der Waals surface area contributed by atoms with Gasteiger partial charge < -0.3 is 0 Å². The van der Waals surface area contributed by atoms with Crippen LogP contribution >= 0.6 is 0 Å². The van der Waals surface area contributed by atoms with Crippen LogP contribution in [0.2, 0.25) is 0 Å². The van der Waals surface area contributed by atoms with E-state index in [4.69, 9.17) is 10.5 Å². The summed E-state index contributed by atoms with van der Waals surface area (Å²) in [5.41, 5.74) is 0. The molecule has 1 rings (SSSR count). The van der Waals surface area contributed by atoms with E-state index < -0.39 is 36.5 Å². The molecule has 0 aromatic rings. The quantitative estimate of drug-likeness (QED) is 0.565. The van der Waals surface area contributed by atoms with Gasteiger partial charge in [-0.1, -0.05) is 0 Å². The number of rotatable bonds is 0. The minimum Gasteiger partial charge on any atom is -0.243 e. The maximum atomic E-state index is 12.9. The number of nitriles is 2. The Bertz CT molecular complexity index is 265. The maximum absolute atomic E-state index is 12.9. The molecule has 1 aliphatic carbocycles. The molecule has 2 nitrogen and oxygen atoms in total. The van der Waals surface area contributed by atoms with Gasteiger partial charge in [0.2, 0.25) is 0 Å². The molecule has 0 radical (unpaired) electrons. The molecule has 0 aromatic carbocycles. The second-order valence-electron chi connectivity index (χ2n) is 3.09. The summed E-state index contributed by atoms with van der Waals surface area (Å²) in [6, 6.07) is 2.58. The van der Waals surface area contributed by atoms with E-state index in [1.807, 2.05) is 0 Å². The molecule has 0 N–H and O–H groups in total. The molecule has 76 valence electrons. The first kappa shape index (κ1) is 10.8. The highest BCUT2D eigenvalue weighted by atomic mass is 19.2. The van der Waals surface area contributed by atoms with Crippen molar-refractivity contribution in [1.82, 2.24) is 0 Å². The fourth-order valence-corrected chi connectivity index (χ4v) is 1.45. The molecule has 1 fully saturated rings. The lowest BCUT2D eigenvalue weighted by Crippen LogP contribution is -2.51. The van der Waals surface area contributed by atoms with Crippen molar-refractivity contribution in [3.63, 3.8) is 0 Å². The fraction of sp³-hybridized carbons (Fsp3) is 0.750. The van der Waals surface area contributed by atoms with E-state index in [0.717, 1.165) is 0 Å². The van der Waals surface area contributed by atoms with Gasteiger partial charge >= 0.3 is 0 Å². The van der Waals surface area contributed by atoms with Gasteiger partial charge in [0.05, 0.1) is 24.0 Å². The smallest absolute Gasteiger partial charge is 0.166 e. The summed E-state index contributed by atoms with van der Waals surface area (Å²) in [5.74, 6) is -3.48. The lowest BCUT2D eigenvalue weighted by atomic mass is 9.76. The highest BCUT2D eigenvalue weighted by Crippen LogP contribution is 2.37. The Morgan fingerprint density at radius 1 is 0.643 bits per heavy atom. The van der Waals surface area contributed by atoms with Crippen LogP contribution in [-0.2, 0) is 0 Å². The van der Waals surface area contributed by atoms with Gasteiger partial charge in [-0.25, -0.2) is 17.6 Å². The third-order valence-corrected chi connectivity index (χ3v) is 2.28.